The first-order valence-corrected chi connectivity index (χ1v) is 12.8. The fraction of sp³-hybridized carbons (Fsp3) is 0.250. The predicted octanol–water partition coefficient (Wildman–Crippen LogP) is 9.73. The number of rotatable bonds is 9. The Hall–Kier alpha value is -3.74. The Morgan fingerprint density at radius 2 is 1.21 bits per heavy atom. The van der Waals surface area contributed by atoms with Crippen molar-refractivity contribution in [3.8, 4) is 28.0 Å². The van der Waals surface area contributed by atoms with Gasteiger partial charge in [0.05, 0.1) is 12.2 Å². The zero-order chi connectivity index (χ0) is 28.2. The molecule has 0 aliphatic rings. The number of hydrogen-bond donors (Lipinski definition) is 0. The Morgan fingerprint density at radius 3 is 1.82 bits per heavy atom. The van der Waals surface area contributed by atoms with E-state index >= 15 is 4.39 Å². The Labute approximate surface area is 224 Å². The van der Waals surface area contributed by atoms with Gasteiger partial charge in [-0.2, -0.15) is 17.6 Å². The summed E-state index contributed by atoms with van der Waals surface area (Å²) in [6.07, 6.45) is -4.06. The lowest BCUT2D eigenvalue weighted by molar-refractivity contribution is -0.140. The second-order valence-electron chi connectivity index (χ2n) is 9.46. The lowest BCUT2D eigenvalue weighted by atomic mass is 9.93. The van der Waals surface area contributed by atoms with Gasteiger partial charge in [0.25, 0.3) is 0 Å². The summed E-state index contributed by atoms with van der Waals surface area (Å²) >= 11 is 0. The van der Waals surface area contributed by atoms with Gasteiger partial charge in [0, 0.05) is 5.56 Å². The first-order chi connectivity index (χ1) is 18.6. The standard InChI is InChI=1S/C32H28F6O/c1-3-4-19-39-27-18-16-25(29(33)31(27)35)14-13-24-15-17-26(30(34)28(24)32(36,37)38)23-11-9-22(10-12-23)21-7-5-20(2)6-8-21/h5-12,15-18H,3-4,13-14,19H2,1-2H3. The third-order valence-corrected chi connectivity index (χ3v) is 6.64. The number of hydrogen-bond acceptors (Lipinski definition) is 1. The number of benzene rings is 4. The molecule has 0 aliphatic carbocycles. The molecular weight excluding hydrogens is 514 g/mol. The maximum absolute atomic E-state index is 15.4. The fourth-order valence-electron chi connectivity index (χ4n) is 4.41. The molecule has 0 unspecified atom stereocenters. The molecule has 0 amide bonds. The van der Waals surface area contributed by atoms with E-state index in [0.717, 1.165) is 23.1 Å². The third kappa shape index (κ3) is 6.47. The molecule has 204 valence electrons. The molecule has 39 heavy (non-hydrogen) atoms. The average Bonchev–Trinajstić information content (AvgIpc) is 2.90. The zero-order valence-electron chi connectivity index (χ0n) is 21.6. The summed E-state index contributed by atoms with van der Waals surface area (Å²) < 4.78 is 91.6. The van der Waals surface area contributed by atoms with Crippen molar-refractivity contribution in [2.75, 3.05) is 6.61 Å². The number of aryl methyl sites for hydroxylation is 3. The molecule has 0 spiro atoms. The van der Waals surface area contributed by atoms with E-state index in [4.69, 9.17) is 4.74 Å². The quantitative estimate of drug-likeness (QED) is 0.151. The molecule has 0 N–H and O–H groups in total. The highest BCUT2D eigenvalue weighted by atomic mass is 19.4. The molecule has 7 heteroatoms. The van der Waals surface area contributed by atoms with Crippen molar-refractivity contribution < 1.29 is 31.1 Å². The monoisotopic (exact) mass is 542 g/mol. The molecule has 0 aromatic heterocycles. The molecule has 0 saturated carbocycles. The van der Waals surface area contributed by atoms with Crippen LogP contribution in [0.2, 0.25) is 0 Å². The van der Waals surface area contributed by atoms with Gasteiger partial charge in [0.2, 0.25) is 5.82 Å². The highest BCUT2D eigenvalue weighted by molar-refractivity contribution is 5.71. The average molecular weight is 543 g/mol. The molecule has 1 nitrogen and oxygen atoms in total. The molecule has 0 fully saturated rings. The minimum absolute atomic E-state index is 0.111. The molecule has 0 heterocycles. The first-order valence-electron chi connectivity index (χ1n) is 12.8. The minimum Gasteiger partial charge on any atom is -0.490 e. The highest BCUT2D eigenvalue weighted by Gasteiger charge is 2.38. The summed E-state index contributed by atoms with van der Waals surface area (Å²) in [5, 5.41) is 0. The summed E-state index contributed by atoms with van der Waals surface area (Å²) in [5.74, 6) is -4.00. The van der Waals surface area contributed by atoms with E-state index in [9.17, 15) is 22.0 Å². The van der Waals surface area contributed by atoms with Crippen LogP contribution in [0, 0.1) is 24.4 Å². The number of unbranched alkanes of at least 4 members (excludes halogenated alkanes) is 1. The highest BCUT2D eigenvalue weighted by Crippen LogP contribution is 2.39. The Bertz CT molecular complexity index is 1420. The van der Waals surface area contributed by atoms with E-state index in [-0.39, 0.29) is 41.9 Å². The van der Waals surface area contributed by atoms with Crippen LogP contribution in [0.15, 0.2) is 72.8 Å². The summed E-state index contributed by atoms with van der Waals surface area (Å²) in [7, 11) is 0. The summed E-state index contributed by atoms with van der Waals surface area (Å²) in [6.45, 7) is 4.12. The van der Waals surface area contributed by atoms with Gasteiger partial charge in [0.15, 0.2) is 11.6 Å². The van der Waals surface area contributed by atoms with E-state index in [1.807, 2.05) is 38.1 Å². The minimum atomic E-state index is -4.97. The Balaban J connectivity index is 1.59. The normalized spacial score (nSPS) is 11.6. The van der Waals surface area contributed by atoms with E-state index < -0.39 is 29.2 Å². The van der Waals surface area contributed by atoms with Crippen LogP contribution in [-0.2, 0) is 19.0 Å². The van der Waals surface area contributed by atoms with E-state index in [0.29, 0.717) is 12.0 Å². The van der Waals surface area contributed by atoms with E-state index in [2.05, 4.69) is 0 Å². The van der Waals surface area contributed by atoms with Crippen molar-refractivity contribution >= 4 is 0 Å². The molecule has 0 aliphatic heterocycles. The van der Waals surface area contributed by atoms with Crippen LogP contribution in [0.1, 0.15) is 42.0 Å². The second-order valence-corrected chi connectivity index (χ2v) is 9.46. The van der Waals surface area contributed by atoms with Crippen molar-refractivity contribution in [1.29, 1.82) is 0 Å². The topological polar surface area (TPSA) is 9.23 Å². The van der Waals surface area contributed by atoms with Crippen LogP contribution in [0.4, 0.5) is 26.3 Å². The molecule has 0 radical (unpaired) electrons. The first kappa shape index (κ1) is 28.3. The van der Waals surface area contributed by atoms with Gasteiger partial charge in [-0.3, -0.25) is 0 Å². The maximum Gasteiger partial charge on any atom is 0.419 e. The number of halogens is 6. The second kappa shape index (κ2) is 12.0. The molecular formula is C32H28F6O. The molecule has 4 rings (SSSR count). The Morgan fingerprint density at radius 1 is 0.641 bits per heavy atom. The van der Waals surface area contributed by atoms with Crippen molar-refractivity contribution in [3.63, 3.8) is 0 Å². The zero-order valence-corrected chi connectivity index (χ0v) is 21.6. The number of ether oxygens (including phenoxy) is 1. The lowest BCUT2D eigenvalue weighted by Gasteiger charge is -2.17. The van der Waals surface area contributed by atoms with Gasteiger partial charge in [0.1, 0.15) is 5.82 Å². The van der Waals surface area contributed by atoms with E-state index in [1.165, 1.54) is 24.3 Å². The van der Waals surface area contributed by atoms with Gasteiger partial charge in [-0.25, -0.2) is 8.78 Å². The van der Waals surface area contributed by atoms with Crippen LogP contribution in [0.3, 0.4) is 0 Å². The molecule has 0 atom stereocenters. The van der Waals surface area contributed by atoms with Crippen LogP contribution >= 0.6 is 0 Å². The molecule has 0 saturated heterocycles. The number of alkyl halides is 3. The van der Waals surface area contributed by atoms with Crippen molar-refractivity contribution in [2.45, 2.75) is 45.7 Å². The summed E-state index contributed by atoms with van der Waals surface area (Å²) in [4.78, 5) is 0. The lowest BCUT2D eigenvalue weighted by Crippen LogP contribution is -2.14. The fourth-order valence-corrected chi connectivity index (χ4v) is 4.41. The summed E-state index contributed by atoms with van der Waals surface area (Å²) in [6, 6.07) is 19.4. The van der Waals surface area contributed by atoms with Crippen molar-refractivity contribution in [3.05, 3.63) is 113 Å². The van der Waals surface area contributed by atoms with Gasteiger partial charge >= 0.3 is 6.18 Å². The molecule has 0 bridgehead atoms. The smallest absolute Gasteiger partial charge is 0.419 e. The Kier molecular flexibility index (Phi) is 8.68. The van der Waals surface area contributed by atoms with Crippen LogP contribution in [-0.4, -0.2) is 6.61 Å². The van der Waals surface area contributed by atoms with Crippen LogP contribution in [0.5, 0.6) is 5.75 Å². The van der Waals surface area contributed by atoms with Crippen molar-refractivity contribution in [1.82, 2.24) is 0 Å². The van der Waals surface area contributed by atoms with E-state index in [1.54, 1.807) is 24.3 Å². The van der Waals surface area contributed by atoms with Gasteiger partial charge in [-0.15, -0.1) is 0 Å². The third-order valence-electron chi connectivity index (χ3n) is 6.64. The SMILES string of the molecule is CCCCOc1ccc(CCc2ccc(-c3ccc(-c4ccc(C)cc4)cc3)c(F)c2C(F)(F)F)c(F)c1F. The summed E-state index contributed by atoms with van der Waals surface area (Å²) in [5.41, 5.74) is 1.15. The van der Waals surface area contributed by atoms with Gasteiger partial charge in [-0.05, 0) is 60.1 Å². The van der Waals surface area contributed by atoms with Gasteiger partial charge < -0.3 is 4.74 Å². The maximum atomic E-state index is 15.4. The van der Waals surface area contributed by atoms with Crippen LogP contribution in [0.25, 0.3) is 22.3 Å². The van der Waals surface area contributed by atoms with Crippen molar-refractivity contribution in [2.24, 2.45) is 0 Å². The van der Waals surface area contributed by atoms with Gasteiger partial charge in [-0.1, -0.05) is 85.6 Å². The predicted molar refractivity (Wildman–Crippen MR) is 141 cm³/mol. The van der Waals surface area contributed by atoms with Crippen LogP contribution < -0.4 is 4.74 Å². The largest absolute Gasteiger partial charge is 0.490 e. The molecule has 4 aromatic rings. The molecule has 4 aromatic carbocycles.